The minimum absolute atomic E-state index is 0.397. The summed E-state index contributed by atoms with van der Waals surface area (Å²) in [5.41, 5.74) is 7.36. The maximum atomic E-state index is 12.1. The molecule has 0 aliphatic carbocycles. The predicted molar refractivity (Wildman–Crippen MR) is 98.1 cm³/mol. The van der Waals surface area contributed by atoms with E-state index in [-0.39, 0.29) is 0 Å². The molecule has 0 unspecified atom stereocenters. The van der Waals surface area contributed by atoms with E-state index in [9.17, 15) is 9.59 Å². The smallest absolute Gasteiger partial charge is 0.340 e. The minimum atomic E-state index is -0.539. The standard InChI is InChI=1S/C19H29N3O3/c1-19(2,3)25-18(24)16-5-4-15(10-17(16)20)12-21-11-14-6-8-22(13-23)9-7-14/h4-5,10,13-14,21H,6-9,11-12,20H2,1-3H3. The first-order valence-electron chi connectivity index (χ1n) is 8.80. The van der Waals surface area contributed by atoms with E-state index in [0.717, 1.165) is 44.4 Å². The van der Waals surface area contributed by atoms with Gasteiger partial charge in [-0.2, -0.15) is 0 Å². The molecule has 25 heavy (non-hydrogen) atoms. The topological polar surface area (TPSA) is 84.7 Å². The molecule has 138 valence electrons. The Morgan fingerprint density at radius 3 is 2.60 bits per heavy atom. The second kappa shape index (κ2) is 8.34. The number of carbonyl (C=O) groups excluding carboxylic acids is 2. The summed E-state index contributed by atoms with van der Waals surface area (Å²) in [4.78, 5) is 24.7. The molecule has 6 nitrogen and oxygen atoms in total. The van der Waals surface area contributed by atoms with Gasteiger partial charge in [0.05, 0.1) is 5.56 Å². The number of likely N-dealkylation sites (tertiary alicyclic amines) is 1. The molecule has 0 radical (unpaired) electrons. The fourth-order valence-electron chi connectivity index (χ4n) is 2.92. The first-order chi connectivity index (χ1) is 11.8. The third kappa shape index (κ3) is 6.05. The highest BCUT2D eigenvalue weighted by Gasteiger charge is 2.20. The Balaban J connectivity index is 1.82. The van der Waals surface area contributed by atoms with Gasteiger partial charge in [-0.25, -0.2) is 4.79 Å². The highest BCUT2D eigenvalue weighted by atomic mass is 16.6. The number of esters is 1. The monoisotopic (exact) mass is 347 g/mol. The molecule has 0 aromatic heterocycles. The number of anilines is 1. The average molecular weight is 347 g/mol. The van der Waals surface area contributed by atoms with Crippen LogP contribution in [0.1, 0.15) is 49.5 Å². The van der Waals surface area contributed by atoms with Gasteiger partial charge in [-0.3, -0.25) is 4.79 Å². The molecule has 6 heteroatoms. The number of nitrogen functional groups attached to an aromatic ring is 1. The molecule has 0 saturated carbocycles. The van der Waals surface area contributed by atoms with E-state index in [4.69, 9.17) is 10.5 Å². The highest BCUT2D eigenvalue weighted by molar-refractivity contribution is 5.95. The first-order valence-corrected chi connectivity index (χ1v) is 8.80. The van der Waals surface area contributed by atoms with E-state index in [1.807, 2.05) is 37.8 Å². The second-order valence-electron chi connectivity index (χ2n) is 7.64. The Labute approximate surface area is 149 Å². The Hall–Kier alpha value is -2.08. The van der Waals surface area contributed by atoms with Crippen LogP contribution >= 0.6 is 0 Å². The summed E-state index contributed by atoms with van der Waals surface area (Å²) in [6.45, 7) is 8.80. The van der Waals surface area contributed by atoms with Crippen molar-refractivity contribution in [2.24, 2.45) is 5.92 Å². The summed E-state index contributed by atoms with van der Waals surface area (Å²) >= 11 is 0. The van der Waals surface area contributed by atoms with Crippen LogP contribution in [-0.2, 0) is 16.1 Å². The van der Waals surface area contributed by atoms with E-state index in [0.29, 0.717) is 23.7 Å². The van der Waals surface area contributed by atoms with Gasteiger partial charge < -0.3 is 20.7 Å². The van der Waals surface area contributed by atoms with E-state index in [2.05, 4.69) is 5.32 Å². The van der Waals surface area contributed by atoms with Crippen LogP contribution in [0.3, 0.4) is 0 Å². The van der Waals surface area contributed by atoms with Gasteiger partial charge in [0.15, 0.2) is 0 Å². The molecule has 0 spiro atoms. The molecule has 0 atom stereocenters. The molecule has 0 bridgehead atoms. The van der Waals surface area contributed by atoms with Gasteiger partial charge >= 0.3 is 5.97 Å². The van der Waals surface area contributed by atoms with Gasteiger partial charge in [0.2, 0.25) is 6.41 Å². The lowest BCUT2D eigenvalue weighted by molar-refractivity contribution is -0.119. The maximum absolute atomic E-state index is 12.1. The van der Waals surface area contributed by atoms with E-state index < -0.39 is 11.6 Å². The third-order valence-electron chi connectivity index (χ3n) is 4.30. The van der Waals surface area contributed by atoms with Crippen LogP contribution in [0.25, 0.3) is 0 Å². The predicted octanol–water partition coefficient (Wildman–Crippen LogP) is 2.18. The quantitative estimate of drug-likeness (QED) is 0.468. The van der Waals surface area contributed by atoms with Crippen LogP contribution in [0.15, 0.2) is 18.2 Å². The van der Waals surface area contributed by atoms with Crippen LogP contribution in [-0.4, -0.2) is 42.5 Å². The summed E-state index contributed by atoms with van der Waals surface area (Å²) in [5.74, 6) is 0.195. The Morgan fingerprint density at radius 2 is 2.04 bits per heavy atom. The van der Waals surface area contributed by atoms with E-state index in [1.54, 1.807) is 6.07 Å². The van der Waals surface area contributed by atoms with Crippen molar-refractivity contribution in [1.29, 1.82) is 0 Å². The molecule has 1 fully saturated rings. The van der Waals surface area contributed by atoms with Crippen molar-refractivity contribution in [2.75, 3.05) is 25.4 Å². The normalized spacial score (nSPS) is 15.9. The average Bonchev–Trinajstić information content (AvgIpc) is 2.54. The van der Waals surface area contributed by atoms with Gasteiger partial charge in [0.1, 0.15) is 5.60 Å². The van der Waals surface area contributed by atoms with Gasteiger partial charge in [0.25, 0.3) is 0 Å². The Bertz CT molecular complexity index is 602. The summed E-state index contributed by atoms with van der Waals surface area (Å²) < 4.78 is 5.36. The second-order valence-corrected chi connectivity index (χ2v) is 7.64. The number of hydrogen-bond acceptors (Lipinski definition) is 5. The number of nitrogens with two attached hydrogens (primary N) is 1. The van der Waals surface area contributed by atoms with E-state index in [1.165, 1.54) is 0 Å². The number of nitrogens with zero attached hydrogens (tertiary/aromatic N) is 1. The van der Waals surface area contributed by atoms with Crippen LogP contribution in [0.4, 0.5) is 5.69 Å². The number of nitrogens with one attached hydrogen (secondary N) is 1. The highest BCUT2D eigenvalue weighted by Crippen LogP contribution is 2.19. The van der Waals surface area contributed by atoms with Gasteiger partial charge in [-0.15, -0.1) is 0 Å². The lowest BCUT2D eigenvalue weighted by atomic mass is 9.97. The lowest BCUT2D eigenvalue weighted by Gasteiger charge is -2.29. The zero-order valence-corrected chi connectivity index (χ0v) is 15.4. The molecule has 1 aliphatic rings. The Kier molecular flexibility index (Phi) is 6.42. The summed E-state index contributed by atoms with van der Waals surface area (Å²) in [5, 5.41) is 3.44. The number of amides is 1. The van der Waals surface area contributed by atoms with E-state index >= 15 is 0 Å². The maximum Gasteiger partial charge on any atom is 0.340 e. The number of carbonyl (C=O) groups is 2. The van der Waals surface area contributed by atoms with Crippen molar-refractivity contribution in [1.82, 2.24) is 10.2 Å². The van der Waals surface area contributed by atoms with Crippen LogP contribution in [0.5, 0.6) is 0 Å². The molecule has 1 amide bonds. The van der Waals surface area contributed by atoms with Crippen LogP contribution in [0, 0.1) is 5.92 Å². The molecular formula is C19H29N3O3. The molecular weight excluding hydrogens is 318 g/mol. The molecule has 1 heterocycles. The van der Waals surface area contributed by atoms with Crippen molar-refractivity contribution >= 4 is 18.1 Å². The van der Waals surface area contributed by atoms with Crippen molar-refractivity contribution in [2.45, 2.75) is 45.8 Å². The van der Waals surface area contributed by atoms with Crippen LogP contribution in [0.2, 0.25) is 0 Å². The number of ether oxygens (including phenoxy) is 1. The number of piperidine rings is 1. The van der Waals surface area contributed by atoms with Crippen LogP contribution < -0.4 is 11.1 Å². The largest absolute Gasteiger partial charge is 0.456 e. The van der Waals surface area contributed by atoms with Crippen molar-refractivity contribution < 1.29 is 14.3 Å². The number of rotatable bonds is 6. The molecule has 3 N–H and O–H groups in total. The zero-order valence-electron chi connectivity index (χ0n) is 15.4. The molecule has 2 rings (SSSR count). The van der Waals surface area contributed by atoms with Crippen molar-refractivity contribution in [3.63, 3.8) is 0 Å². The lowest BCUT2D eigenvalue weighted by Crippen LogP contribution is -2.36. The number of hydrogen-bond donors (Lipinski definition) is 2. The summed E-state index contributed by atoms with van der Waals surface area (Å²) in [7, 11) is 0. The molecule has 1 aromatic rings. The number of benzene rings is 1. The van der Waals surface area contributed by atoms with Gasteiger partial charge in [0, 0.05) is 25.3 Å². The third-order valence-corrected chi connectivity index (χ3v) is 4.30. The van der Waals surface area contributed by atoms with Crippen molar-refractivity contribution in [3.8, 4) is 0 Å². The summed E-state index contributed by atoms with van der Waals surface area (Å²) in [6.07, 6.45) is 3.00. The summed E-state index contributed by atoms with van der Waals surface area (Å²) in [6, 6.07) is 5.45. The fraction of sp³-hybridized carbons (Fsp3) is 0.579. The molecule has 1 saturated heterocycles. The molecule has 1 aliphatic heterocycles. The van der Waals surface area contributed by atoms with Gasteiger partial charge in [-0.05, 0) is 63.8 Å². The fourth-order valence-corrected chi connectivity index (χ4v) is 2.92. The zero-order chi connectivity index (χ0) is 18.4. The SMILES string of the molecule is CC(C)(C)OC(=O)c1ccc(CNCC2CCN(C=O)CC2)cc1N. The first kappa shape index (κ1) is 19.2. The van der Waals surface area contributed by atoms with Crippen molar-refractivity contribution in [3.05, 3.63) is 29.3 Å². The Morgan fingerprint density at radius 1 is 1.36 bits per heavy atom. The minimum Gasteiger partial charge on any atom is -0.456 e. The molecule has 1 aromatic carbocycles. The van der Waals surface area contributed by atoms with Gasteiger partial charge in [-0.1, -0.05) is 6.07 Å².